The highest BCUT2D eigenvalue weighted by Crippen LogP contribution is 2.34. The van der Waals surface area contributed by atoms with Gasteiger partial charge in [-0.2, -0.15) is 0 Å². The molecule has 1 nitrogen and oxygen atoms in total. The van der Waals surface area contributed by atoms with Gasteiger partial charge in [0.15, 0.2) is 11.6 Å². The van der Waals surface area contributed by atoms with Crippen LogP contribution >= 0.6 is 27.3 Å². The van der Waals surface area contributed by atoms with Gasteiger partial charge < -0.3 is 5.32 Å². The molecule has 0 spiro atoms. The molecule has 0 saturated heterocycles. The summed E-state index contributed by atoms with van der Waals surface area (Å²) >= 11 is 4.97. The van der Waals surface area contributed by atoms with Crippen LogP contribution in [-0.4, -0.2) is 6.54 Å². The summed E-state index contributed by atoms with van der Waals surface area (Å²) in [5.41, 5.74) is 0.344. The van der Waals surface area contributed by atoms with Crippen LogP contribution in [-0.2, 0) is 0 Å². The SMILES string of the molecule is CCCNC(c1cccc(F)c1F)c1sccc1Br. The highest BCUT2D eigenvalue weighted by atomic mass is 79.9. The van der Waals surface area contributed by atoms with Crippen LogP contribution in [0.15, 0.2) is 34.1 Å². The molecule has 0 aliphatic carbocycles. The van der Waals surface area contributed by atoms with Crippen molar-refractivity contribution < 1.29 is 8.78 Å². The van der Waals surface area contributed by atoms with Crippen LogP contribution in [0.2, 0.25) is 0 Å². The molecule has 0 aliphatic heterocycles. The third-order valence-corrected chi connectivity index (χ3v) is 4.73. The Bertz CT molecular complexity index is 556. The molecule has 1 aromatic heterocycles. The summed E-state index contributed by atoms with van der Waals surface area (Å²) in [7, 11) is 0. The smallest absolute Gasteiger partial charge is 0.163 e. The number of hydrogen-bond donors (Lipinski definition) is 1. The van der Waals surface area contributed by atoms with Gasteiger partial charge in [0.05, 0.1) is 6.04 Å². The molecular formula is C14H14BrF2NS. The van der Waals surface area contributed by atoms with Crippen molar-refractivity contribution in [3.63, 3.8) is 0 Å². The van der Waals surface area contributed by atoms with Crippen LogP contribution in [0.4, 0.5) is 8.78 Å². The van der Waals surface area contributed by atoms with Crippen molar-refractivity contribution in [2.45, 2.75) is 19.4 Å². The molecule has 1 N–H and O–H groups in total. The first-order valence-electron chi connectivity index (χ1n) is 6.05. The van der Waals surface area contributed by atoms with E-state index >= 15 is 0 Å². The minimum atomic E-state index is -0.812. The number of nitrogens with one attached hydrogen (secondary N) is 1. The molecule has 19 heavy (non-hydrogen) atoms. The van der Waals surface area contributed by atoms with E-state index in [2.05, 4.69) is 21.2 Å². The van der Waals surface area contributed by atoms with E-state index in [0.29, 0.717) is 5.56 Å². The van der Waals surface area contributed by atoms with Crippen molar-refractivity contribution in [3.05, 3.63) is 56.2 Å². The Morgan fingerprint density at radius 1 is 1.32 bits per heavy atom. The number of benzene rings is 1. The van der Waals surface area contributed by atoms with Gasteiger partial charge >= 0.3 is 0 Å². The first kappa shape index (κ1) is 14.6. The van der Waals surface area contributed by atoms with Gasteiger partial charge in [-0.25, -0.2) is 8.78 Å². The van der Waals surface area contributed by atoms with Crippen LogP contribution in [0.25, 0.3) is 0 Å². The Labute approximate surface area is 123 Å². The van der Waals surface area contributed by atoms with Crippen molar-refractivity contribution in [2.75, 3.05) is 6.54 Å². The highest BCUT2D eigenvalue weighted by molar-refractivity contribution is 9.10. The predicted octanol–water partition coefficient (Wildman–Crippen LogP) is 4.88. The van der Waals surface area contributed by atoms with Crippen LogP contribution in [0, 0.1) is 11.6 Å². The van der Waals surface area contributed by atoms with Gasteiger partial charge in [0.25, 0.3) is 0 Å². The number of halogens is 3. The summed E-state index contributed by atoms with van der Waals surface area (Å²) in [6.07, 6.45) is 0.927. The molecule has 5 heteroatoms. The van der Waals surface area contributed by atoms with Gasteiger partial charge in [-0.15, -0.1) is 11.3 Å². The van der Waals surface area contributed by atoms with Crippen LogP contribution in [0.3, 0.4) is 0 Å². The van der Waals surface area contributed by atoms with Gasteiger partial charge in [-0.05, 0) is 46.4 Å². The molecule has 102 valence electrons. The zero-order chi connectivity index (χ0) is 13.8. The summed E-state index contributed by atoms with van der Waals surface area (Å²) in [4.78, 5) is 0.956. The fourth-order valence-corrected chi connectivity index (χ4v) is 3.58. The van der Waals surface area contributed by atoms with Crippen LogP contribution < -0.4 is 5.32 Å². The maximum Gasteiger partial charge on any atom is 0.163 e. The molecule has 1 atom stereocenters. The third-order valence-electron chi connectivity index (χ3n) is 2.80. The minimum Gasteiger partial charge on any atom is -0.305 e. The number of hydrogen-bond acceptors (Lipinski definition) is 2. The van der Waals surface area contributed by atoms with E-state index in [1.807, 2.05) is 18.4 Å². The van der Waals surface area contributed by atoms with E-state index in [-0.39, 0.29) is 6.04 Å². The molecule has 0 radical (unpaired) electrons. The van der Waals surface area contributed by atoms with Crippen molar-refractivity contribution in [1.82, 2.24) is 5.32 Å². The lowest BCUT2D eigenvalue weighted by atomic mass is 10.0. The van der Waals surface area contributed by atoms with Crippen molar-refractivity contribution in [2.24, 2.45) is 0 Å². The lowest BCUT2D eigenvalue weighted by Crippen LogP contribution is -2.24. The Kier molecular flexibility index (Phi) is 5.07. The van der Waals surface area contributed by atoms with Crippen molar-refractivity contribution in [3.8, 4) is 0 Å². The van der Waals surface area contributed by atoms with E-state index < -0.39 is 11.6 Å². The van der Waals surface area contributed by atoms with Crippen molar-refractivity contribution >= 4 is 27.3 Å². The maximum atomic E-state index is 14.0. The topological polar surface area (TPSA) is 12.0 Å². The van der Waals surface area contributed by atoms with Crippen molar-refractivity contribution in [1.29, 1.82) is 0 Å². The highest BCUT2D eigenvalue weighted by Gasteiger charge is 2.22. The van der Waals surface area contributed by atoms with E-state index in [0.717, 1.165) is 28.4 Å². The molecule has 1 aromatic carbocycles. The normalized spacial score (nSPS) is 12.6. The monoisotopic (exact) mass is 345 g/mol. The molecular weight excluding hydrogens is 332 g/mol. The first-order valence-corrected chi connectivity index (χ1v) is 7.72. The van der Waals surface area contributed by atoms with Gasteiger partial charge in [0.1, 0.15) is 0 Å². The van der Waals surface area contributed by atoms with Gasteiger partial charge in [-0.3, -0.25) is 0 Å². The third kappa shape index (κ3) is 3.22. The largest absolute Gasteiger partial charge is 0.305 e. The molecule has 0 amide bonds. The standard InChI is InChI=1S/C14H14BrF2NS/c1-2-7-18-13(14-10(15)6-8-19-14)9-4-3-5-11(16)12(9)17/h3-6,8,13,18H,2,7H2,1H3. The van der Waals surface area contributed by atoms with E-state index in [1.165, 1.54) is 17.4 Å². The molecule has 1 unspecified atom stereocenters. The molecule has 0 fully saturated rings. The molecule has 0 bridgehead atoms. The quantitative estimate of drug-likeness (QED) is 0.814. The molecule has 2 rings (SSSR count). The second kappa shape index (κ2) is 6.59. The van der Waals surface area contributed by atoms with Gasteiger partial charge in [-0.1, -0.05) is 19.1 Å². The Morgan fingerprint density at radius 3 is 2.74 bits per heavy atom. The lowest BCUT2D eigenvalue weighted by Gasteiger charge is -2.19. The van der Waals surface area contributed by atoms with E-state index in [4.69, 9.17) is 0 Å². The molecule has 0 aliphatic rings. The zero-order valence-electron chi connectivity index (χ0n) is 10.4. The number of rotatable bonds is 5. The lowest BCUT2D eigenvalue weighted by molar-refractivity contribution is 0.481. The Balaban J connectivity index is 2.43. The predicted molar refractivity (Wildman–Crippen MR) is 78.5 cm³/mol. The molecule has 2 aromatic rings. The Morgan fingerprint density at radius 2 is 2.11 bits per heavy atom. The number of thiophene rings is 1. The van der Waals surface area contributed by atoms with Crippen LogP contribution in [0.5, 0.6) is 0 Å². The second-order valence-corrected chi connectivity index (χ2v) is 5.97. The van der Waals surface area contributed by atoms with Gasteiger partial charge in [0, 0.05) is 14.9 Å². The second-order valence-electron chi connectivity index (χ2n) is 4.16. The molecule has 1 heterocycles. The molecule has 0 saturated carbocycles. The summed E-state index contributed by atoms with van der Waals surface area (Å²) in [5.74, 6) is -1.59. The zero-order valence-corrected chi connectivity index (χ0v) is 12.8. The average molecular weight is 346 g/mol. The van der Waals surface area contributed by atoms with E-state index in [9.17, 15) is 8.78 Å². The fraction of sp³-hybridized carbons (Fsp3) is 0.286. The first-order chi connectivity index (χ1) is 9.15. The van der Waals surface area contributed by atoms with Gasteiger partial charge in [0.2, 0.25) is 0 Å². The average Bonchev–Trinajstić information content (AvgIpc) is 2.81. The maximum absolute atomic E-state index is 14.0. The minimum absolute atomic E-state index is 0.329. The summed E-state index contributed by atoms with van der Waals surface area (Å²) in [5, 5.41) is 5.20. The summed E-state index contributed by atoms with van der Waals surface area (Å²) in [6.45, 7) is 2.78. The summed E-state index contributed by atoms with van der Waals surface area (Å²) in [6, 6.07) is 5.88. The fourth-order valence-electron chi connectivity index (χ4n) is 1.89. The Hall–Kier alpha value is -0.780. The summed E-state index contributed by atoms with van der Waals surface area (Å²) < 4.78 is 28.3. The van der Waals surface area contributed by atoms with Crippen LogP contribution in [0.1, 0.15) is 29.8 Å². The van der Waals surface area contributed by atoms with E-state index in [1.54, 1.807) is 6.07 Å².